The first-order valence-electron chi connectivity index (χ1n) is 5.22. The minimum absolute atomic E-state index is 0.127. The Morgan fingerprint density at radius 3 is 1.62 bits per heavy atom. The fraction of sp³-hybridized carbons (Fsp3) is 0.455. The second-order valence-electron chi connectivity index (χ2n) is 3.37. The molecule has 0 heterocycles. The predicted octanol–water partition coefficient (Wildman–Crippen LogP) is -0.328. The molecule has 0 unspecified atom stereocenters. The van der Waals surface area contributed by atoms with E-state index in [0.717, 1.165) is 0 Å². The van der Waals surface area contributed by atoms with Gasteiger partial charge in [0.25, 0.3) is 0 Å². The van der Waals surface area contributed by atoms with Crippen molar-refractivity contribution in [1.29, 1.82) is 0 Å². The van der Waals surface area contributed by atoms with Gasteiger partial charge in [-0.2, -0.15) is 0 Å². The highest BCUT2D eigenvalue weighted by Gasteiger charge is 2.32. The molecule has 5 heteroatoms. The van der Waals surface area contributed by atoms with Gasteiger partial charge in [0.2, 0.25) is 11.6 Å². The summed E-state index contributed by atoms with van der Waals surface area (Å²) in [6, 6.07) is 0. The monoisotopic (exact) mass is 223 g/mol. The molecule has 3 N–H and O–H groups in total. The largest absolute Gasteiger partial charge is 0.385 e. The molecular formula is C11H17N3O2. The van der Waals surface area contributed by atoms with E-state index in [1.165, 1.54) is 0 Å². The molecular weight excluding hydrogens is 206 g/mol. The number of carbonyl (C=O) groups is 2. The quantitative estimate of drug-likeness (QED) is 0.569. The van der Waals surface area contributed by atoms with Crippen molar-refractivity contribution in [2.75, 3.05) is 21.1 Å². The van der Waals surface area contributed by atoms with Gasteiger partial charge in [-0.15, -0.1) is 0 Å². The summed E-state index contributed by atoms with van der Waals surface area (Å²) >= 11 is 0. The summed E-state index contributed by atoms with van der Waals surface area (Å²) < 4.78 is 0. The maximum atomic E-state index is 12.1. The van der Waals surface area contributed by atoms with Crippen molar-refractivity contribution in [3.05, 3.63) is 22.7 Å². The maximum Gasteiger partial charge on any atom is 0.227 e. The molecule has 0 radical (unpaired) electrons. The Morgan fingerprint density at radius 1 is 0.812 bits per heavy atom. The smallest absolute Gasteiger partial charge is 0.227 e. The molecule has 0 aromatic rings. The van der Waals surface area contributed by atoms with Crippen LogP contribution in [0.3, 0.4) is 0 Å². The van der Waals surface area contributed by atoms with Gasteiger partial charge in [0, 0.05) is 26.7 Å². The summed E-state index contributed by atoms with van der Waals surface area (Å²) in [5.74, 6) is -0.302. The van der Waals surface area contributed by atoms with Gasteiger partial charge in [-0.05, 0) is 6.42 Å². The van der Waals surface area contributed by atoms with E-state index in [9.17, 15) is 9.59 Å². The normalized spacial score (nSPS) is 16.8. The number of hydrogen-bond acceptors (Lipinski definition) is 5. The average molecular weight is 223 g/mol. The molecule has 0 aromatic carbocycles. The van der Waals surface area contributed by atoms with E-state index >= 15 is 0 Å². The molecule has 5 nitrogen and oxygen atoms in total. The molecule has 1 rings (SSSR count). The molecule has 0 fully saturated rings. The summed E-state index contributed by atoms with van der Waals surface area (Å²) in [4.78, 5) is 24.1. The Labute approximate surface area is 95.0 Å². The van der Waals surface area contributed by atoms with Gasteiger partial charge in [0.05, 0.1) is 5.70 Å². The predicted molar refractivity (Wildman–Crippen MR) is 61.5 cm³/mol. The molecule has 0 saturated heterocycles. The highest BCUT2D eigenvalue weighted by molar-refractivity contribution is 6.24. The van der Waals surface area contributed by atoms with Crippen molar-refractivity contribution >= 4 is 11.6 Å². The number of Topliss-reactive ketones (excluding diaryl/α,β-unsaturated/α-hetero) is 2. The van der Waals surface area contributed by atoms with Crippen molar-refractivity contribution in [2.24, 2.45) is 0 Å². The lowest BCUT2D eigenvalue weighted by molar-refractivity contribution is -0.117. The van der Waals surface area contributed by atoms with Crippen molar-refractivity contribution in [1.82, 2.24) is 16.0 Å². The number of likely N-dealkylation sites (N-methyl/N-ethyl adjacent to an activating group) is 3. The number of allylic oxidation sites excluding steroid dienone is 1. The minimum atomic E-state index is -0.175. The number of nitrogens with one attached hydrogen (secondary N) is 3. The lowest BCUT2D eigenvalue weighted by Gasteiger charge is -2.22. The zero-order valence-electron chi connectivity index (χ0n) is 10.0. The molecule has 16 heavy (non-hydrogen) atoms. The van der Waals surface area contributed by atoms with Crippen molar-refractivity contribution in [3.8, 4) is 0 Å². The zero-order chi connectivity index (χ0) is 12.3. The zero-order valence-corrected chi connectivity index (χ0v) is 10.0. The van der Waals surface area contributed by atoms with Crippen LogP contribution in [-0.2, 0) is 9.59 Å². The first kappa shape index (κ1) is 12.3. The third kappa shape index (κ3) is 1.68. The first-order chi connectivity index (χ1) is 7.62. The second kappa shape index (κ2) is 4.83. The van der Waals surface area contributed by atoms with Crippen LogP contribution in [-0.4, -0.2) is 32.7 Å². The van der Waals surface area contributed by atoms with Crippen molar-refractivity contribution < 1.29 is 9.59 Å². The molecule has 0 atom stereocenters. The summed E-state index contributed by atoms with van der Waals surface area (Å²) in [6.45, 7) is 1.86. The Hall–Kier alpha value is -1.78. The van der Waals surface area contributed by atoms with Crippen LogP contribution in [0.4, 0.5) is 0 Å². The van der Waals surface area contributed by atoms with Gasteiger partial charge in [-0.3, -0.25) is 9.59 Å². The van der Waals surface area contributed by atoms with Crippen molar-refractivity contribution in [2.45, 2.75) is 13.3 Å². The molecule has 88 valence electrons. The van der Waals surface area contributed by atoms with Crippen LogP contribution in [0.5, 0.6) is 0 Å². The minimum Gasteiger partial charge on any atom is -0.385 e. The van der Waals surface area contributed by atoms with E-state index in [4.69, 9.17) is 0 Å². The van der Waals surface area contributed by atoms with Gasteiger partial charge >= 0.3 is 0 Å². The molecule has 0 bridgehead atoms. The number of hydrogen-bond donors (Lipinski definition) is 3. The van der Waals surface area contributed by atoms with Gasteiger partial charge in [0.1, 0.15) is 11.4 Å². The lowest BCUT2D eigenvalue weighted by Crippen LogP contribution is -2.37. The molecule has 0 aliphatic heterocycles. The summed E-state index contributed by atoms with van der Waals surface area (Å²) in [7, 11) is 4.91. The lowest BCUT2D eigenvalue weighted by atomic mass is 9.93. The third-order valence-electron chi connectivity index (χ3n) is 2.61. The van der Waals surface area contributed by atoms with Crippen molar-refractivity contribution in [3.63, 3.8) is 0 Å². The molecule has 0 spiro atoms. The molecule has 0 saturated carbocycles. The number of rotatable bonds is 4. The van der Waals surface area contributed by atoms with Crippen LogP contribution < -0.4 is 16.0 Å². The third-order valence-corrected chi connectivity index (χ3v) is 2.61. The topological polar surface area (TPSA) is 70.2 Å². The van der Waals surface area contributed by atoms with E-state index < -0.39 is 0 Å². The van der Waals surface area contributed by atoms with Crippen LogP contribution in [0.1, 0.15) is 13.3 Å². The number of ketones is 2. The molecule has 0 amide bonds. The molecule has 1 aliphatic rings. The van der Waals surface area contributed by atoms with E-state index in [1.54, 1.807) is 21.1 Å². The van der Waals surface area contributed by atoms with E-state index in [-0.39, 0.29) is 11.6 Å². The van der Waals surface area contributed by atoms with Gasteiger partial charge in [0.15, 0.2) is 0 Å². The van der Waals surface area contributed by atoms with Crippen LogP contribution in [0.25, 0.3) is 0 Å². The Balaban J connectivity index is 3.35. The van der Waals surface area contributed by atoms with Gasteiger partial charge in [-0.25, -0.2) is 0 Å². The molecule has 0 aromatic heterocycles. The fourth-order valence-electron chi connectivity index (χ4n) is 1.83. The Bertz CT molecular complexity index is 324. The standard InChI is InChI=1S/C11H17N3O2/c1-5-6-7(12-2)11(16)9(14-4)8(13-3)10(6)15/h12-14H,5H2,1-4H3. The van der Waals surface area contributed by atoms with Crippen LogP contribution in [0.2, 0.25) is 0 Å². The number of carbonyl (C=O) groups excluding carboxylic acids is 2. The Kier molecular flexibility index (Phi) is 3.71. The van der Waals surface area contributed by atoms with Crippen LogP contribution >= 0.6 is 0 Å². The summed E-state index contributed by atoms with van der Waals surface area (Å²) in [5, 5.41) is 8.35. The van der Waals surface area contributed by atoms with Crippen LogP contribution in [0, 0.1) is 0 Å². The van der Waals surface area contributed by atoms with E-state index in [0.29, 0.717) is 29.1 Å². The SMILES string of the molecule is CCC1=C(NC)C(=O)C(NC)=C(NC)C1=O. The maximum absolute atomic E-state index is 12.1. The van der Waals surface area contributed by atoms with E-state index in [2.05, 4.69) is 16.0 Å². The first-order valence-corrected chi connectivity index (χ1v) is 5.22. The second-order valence-corrected chi connectivity index (χ2v) is 3.37. The summed E-state index contributed by atoms with van der Waals surface area (Å²) in [6.07, 6.45) is 0.531. The molecule has 1 aliphatic carbocycles. The van der Waals surface area contributed by atoms with E-state index in [1.807, 2.05) is 6.92 Å². The highest BCUT2D eigenvalue weighted by Crippen LogP contribution is 2.22. The van der Waals surface area contributed by atoms with Crippen LogP contribution in [0.15, 0.2) is 22.7 Å². The highest BCUT2D eigenvalue weighted by atomic mass is 16.1. The summed E-state index contributed by atoms with van der Waals surface area (Å²) in [5.41, 5.74) is 1.56. The van der Waals surface area contributed by atoms with Gasteiger partial charge < -0.3 is 16.0 Å². The van der Waals surface area contributed by atoms with Gasteiger partial charge in [-0.1, -0.05) is 6.92 Å². The average Bonchev–Trinajstić information content (AvgIpc) is 2.30. The Morgan fingerprint density at radius 2 is 1.25 bits per heavy atom. The fourth-order valence-corrected chi connectivity index (χ4v) is 1.83.